The van der Waals surface area contributed by atoms with Crippen molar-refractivity contribution >= 4 is 16.9 Å². The van der Waals surface area contributed by atoms with E-state index in [1.807, 2.05) is 13.0 Å². The Morgan fingerprint density at radius 1 is 1.38 bits per heavy atom. The van der Waals surface area contributed by atoms with Crippen molar-refractivity contribution in [2.75, 3.05) is 6.54 Å². The molecule has 1 unspecified atom stereocenters. The molecule has 1 atom stereocenters. The number of hydrogen-bond donors (Lipinski definition) is 1. The number of carbonyl (C=O) groups excluding carboxylic acids is 1. The highest BCUT2D eigenvalue weighted by atomic mass is 16.5. The third-order valence-corrected chi connectivity index (χ3v) is 2.87. The maximum Gasteiger partial charge on any atom is 0.336 e. The largest absolute Gasteiger partial charge is 0.489 e. The summed E-state index contributed by atoms with van der Waals surface area (Å²) in [6.45, 7) is 7.41. The summed E-state index contributed by atoms with van der Waals surface area (Å²) in [6.07, 6.45) is -0.221. The number of carbonyl (C=O) groups is 1. The molecule has 2 aromatic rings. The smallest absolute Gasteiger partial charge is 0.336 e. The number of fused-ring (bicyclic) bond motifs is 1. The number of nitrogens with one attached hydrogen (secondary N) is 1. The van der Waals surface area contributed by atoms with Gasteiger partial charge in [-0.1, -0.05) is 6.58 Å². The standard InChI is InChI=1S/C16H17NO4/c1-10(2)16(19)17-9-11(3)20-13-6-4-12-5-7-15(18)21-14(12)8-13/h4-8,11H,1,9H2,2-3H3,(H,17,19). The first kappa shape index (κ1) is 14.8. The molecule has 0 aliphatic rings. The van der Waals surface area contributed by atoms with Crippen LogP contribution in [0.2, 0.25) is 0 Å². The second-order valence-electron chi connectivity index (χ2n) is 4.87. The molecule has 5 heteroatoms. The summed E-state index contributed by atoms with van der Waals surface area (Å²) in [7, 11) is 0. The quantitative estimate of drug-likeness (QED) is 0.676. The molecule has 1 N–H and O–H groups in total. The molecule has 0 fully saturated rings. The van der Waals surface area contributed by atoms with Crippen molar-refractivity contribution in [2.24, 2.45) is 0 Å². The molecule has 0 aliphatic heterocycles. The van der Waals surface area contributed by atoms with Gasteiger partial charge < -0.3 is 14.5 Å². The molecule has 1 aromatic heterocycles. The Balaban J connectivity index is 2.03. The molecule has 2 rings (SSSR count). The van der Waals surface area contributed by atoms with Gasteiger partial charge in [0.15, 0.2) is 0 Å². The molecule has 1 heterocycles. The molecule has 0 saturated carbocycles. The fourth-order valence-corrected chi connectivity index (χ4v) is 1.78. The molecule has 5 nitrogen and oxygen atoms in total. The maximum atomic E-state index is 11.4. The molecule has 1 amide bonds. The molecular weight excluding hydrogens is 270 g/mol. The van der Waals surface area contributed by atoms with Gasteiger partial charge in [0.2, 0.25) is 5.91 Å². The monoisotopic (exact) mass is 287 g/mol. The van der Waals surface area contributed by atoms with Crippen molar-refractivity contribution in [3.8, 4) is 5.75 Å². The van der Waals surface area contributed by atoms with Gasteiger partial charge in [-0.05, 0) is 32.0 Å². The number of benzene rings is 1. The summed E-state index contributed by atoms with van der Waals surface area (Å²) in [6, 6.07) is 8.33. The molecule has 0 spiro atoms. The minimum absolute atomic E-state index is 0.199. The predicted octanol–water partition coefficient (Wildman–Crippen LogP) is 2.25. The fraction of sp³-hybridized carbons (Fsp3) is 0.250. The van der Waals surface area contributed by atoms with Crippen LogP contribution >= 0.6 is 0 Å². The SMILES string of the molecule is C=C(C)C(=O)NCC(C)Oc1ccc2ccc(=O)oc2c1. The lowest BCUT2D eigenvalue weighted by atomic mass is 10.2. The summed E-state index contributed by atoms with van der Waals surface area (Å²) in [5.74, 6) is 0.379. The first-order valence-corrected chi connectivity index (χ1v) is 6.60. The van der Waals surface area contributed by atoms with Crippen molar-refractivity contribution in [1.82, 2.24) is 5.32 Å². The van der Waals surface area contributed by atoms with E-state index in [0.29, 0.717) is 23.5 Å². The average Bonchev–Trinajstić information content (AvgIpc) is 2.44. The third-order valence-electron chi connectivity index (χ3n) is 2.87. The van der Waals surface area contributed by atoms with Crippen LogP contribution in [0.3, 0.4) is 0 Å². The summed E-state index contributed by atoms with van der Waals surface area (Å²) in [5.41, 5.74) is 0.522. The van der Waals surface area contributed by atoms with Gasteiger partial charge in [-0.25, -0.2) is 4.79 Å². The van der Waals surface area contributed by atoms with Gasteiger partial charge >= 0.3 is 5.63 Å². The van der Waals surface area contributed by atoms with Gasteiger partial charge in [-0.3, -0.25) is 4.79 Å². The van der Waals surface area contributed by atoms with Crippen molar-refractivity contribution in [3.63, 3.8) is 0 Å². The van der Waals surface area contributed by atoms with E-state index < -0.39 is 5.63 Å². The van der Waals surface area contributed by atoms with Crippen LogP contribution in [0, 0.1) is 0 Å². The van der Waals surface area contributed by atoms with E-state index in [1.165, 1.54) is 6.07 Å². The van der Waals surface area contributed by atoms with E-state index in [1.54, 1.807) is 25.1 Å². The second-order valence-corrected chi connectivity index (χ2v) is 4.87. The van der Waals surface area contributed by atoms with E-state index in [-0.39, 0.29) is 12.0 Å². The summed E-state index contributed by atoms with van der Waals surface area (Å²) in [5, 5.41) is 3.54. The zero-order valence-electron chi connectivity index (χ0n) is 12.0. The molecule has 0 radical (unpaired) electrons. The third kappa shape index (κ3) is 3.95. The number of ether oxygens (including phenoxy) is 1. The number of amides is 1. The topological polar surface area (TPSA) is 68.5 Å². The van der Waals surface area contributed by atoms with Crippen LogP contribution < -0.4 is 15.7 Å². The number of hydrogen-bond acceptors (Lipinski definition) is 4. The average molecular weight is 287 g/mol. The molecule has 0 saturated heterocycles. The minimum atomic E-state index is -0.401. The van der Waals surface area contributed by atoms with Gasteiger partial charge in [0.05, 0.1) is 6.54 Å². The van der Waals surface area contributed by atoms with Gasteiger partial charge in [0.1, 0.15) is 17.4 Å². The first-order valence-electron chi connectivity index (χ1n) is 6.60. The Morgan fingerprint density at radius 3 is 2.81 bits per heavy atom. The Morgan fingerprint density at radius 2 is 2.10 bits per heavy atom. The van der Waals surface area contributed by atoms with E-state index >= 15 is 0 Å². The molecular formula is C16H17NO4. The van der Waals surface area contributed by atoms with Crippen LogP contribution in [0.1, 0.15) is 13.8 Å². The van der Waals surface area contributed by atoms with Gasteiger partial charge in [-0.2, -0.15) is 0 Å². The van der Waals surface area contributed by atoms with Gasteiger partial charge in [0.25, 0.3) is 0 Å². The predicted molar refractivity (Wildman–Crippen MR) is 80.4 cm³/mol. The van der Waals surface area contributed by atoms with Crippen LogP contribution in [-0.2, 0) is 4.79 Å². The van der Waals surface area contributed by atoms with E-state index in [9.17, 15) is 9.59 Å². The Bertz CT molecular complexity index is 732. The molecule has 0 bridgehead atoms. The lowest BCUT2D eigenvalue weighted by Gasteiger charge is -2.15. The first-order chi connectivity index (χ1) is 9.95. The van der Waals surface area contributed by atoms with Crippen LogP contribution in [-0.4, -0.2) is 18.6 Å². The molecule has 0 aliphatic carbocycles. The lowest BCUT2D eigenvalue weighted by molar-refractivity contribution is -0.117. The van der Waals surface area contributed by atoms with Crippen LogP contribution in [0.4, 0.5) is 0 Å². The highest BCUT2D eigenvalue weighted by molar-refractivity contribution is 5.92. The molecule has 1 aromatic carbocycles. The van der Waals surface area contributed by atoms with Gasteiger partial charge in [0, 0.05) is 23.1 Å². The minimum Gasteiger partial charge on any atom is -0.489 e. The Hall–Kier alpha value is -2.56. The highest BCUT2D eigenvalue weighted by Crippen LogP contribution is 2.20. The van der Waals surface area contributed by atoms with Crippen molar-refractivity contribution < 1.29 is 13.9 Å². The number of rotatable bonds is 5. The van der Waals surface area contributed by atoms with Crippen molar-refractivity contribution in [3.05, 3.63) is 52.9 Å². The summed E-state index contributed by atoms with van der Waals surface area (Å²) in [4.78, 5) is 22.6. The maximum absolute atomic E-state index is 11.4. The van der Waals surface area contributed by atoms with E-state index in [0.717, 1.165) is 5.39 Å². The Labute approximate surface area is 122 Å². The summed E-state index contributed by atoms with van der Waals surface area (Å²) >= 11 is 0. The van der Waals surface area contributed by atoms with Crippen LogP contribution in [0.15, 0.2) is 51.7 Å². The van der Waals surface area contributed by atoms with Crippen molar-refractivity contribution in [2.45, 2.75) is 20.0 Å². The normalized spacial score (nSPS) is 11.9. The Kier molecular flexibility index (Phi) is 4.42. The second kappa shape index (κ2) is 6.26. The van der Waals surface area contributed by atoms with E-state index in [2.05, 4.69) is 11.9 Å². The lowest BCUT2D eigenvalue weighted by Crippen LogP contribution is -2.33. The molecule has 21 heavy (non-hydrogen) atoms. The van der Waals surface area contributed by atoms with Crippen LogP contribution in [0.5, 0.6) is 5.75 Å². The summed E-state index contributed by atoms with van der Waals surface area (Å²) < 4.78 is 10.8. The highest BCUT2D eigenvalue weighted by Gasteiger charge is 2.08. The van der Waals surface area contributed by atoms with Crippen molar-refractivity contribution in [1.29, 1.82) is 0 Å². The zero-order chi connectivity index (χ0) is 15.4. The van der Waals surface area contributed by atoms with Crippen LogP contribution in [0.25, 0.3) is 11.0 Å². The molecule has 110 valence electrons. The zero-order valence-corrected chi connectivity index (χ0v) is 12.0. The van der Waals surface area contributed by atoms with Gasteiger partial charge in [-0.15, -0.1) is 0 Å². The van der Waals surface area contributed by atoms with E-state index in [4.69, 9.17) is 9.15 Å². The fourth-order valence-electron chi connectivity index (χ4n) is 1.78.